The second-order valence-electron chi connectivity index (χ2n) is 6.69. The van der Waals surface area contributed by atoms with Crippen molar-refractivity contribution in [3.8, 4) is 0 Å². The Hall–Kier alpha value is -2.31. The van der Waals surface area contributed by atoms with Crippen molar-refractivity contribution in [2.45, 2.75) is 44.3 Å². The molecule has 1 saturated heterocycles. The molecular formula is C19H22F3N3O. The van der Waals surface area contributed by atoms with Gasteiger partial charge in [0.05, 0.1) is 6.42 Å². The van der Waals surface area contributed by atoms with Crippen LogP contribution >= 0.6 is 0 Å². The molecule has 0 bridgehead atoms. The smallest absolute Gasteiger partial charge is 0.342 e. The Kier molecular flexibility index (Phi) is 5.64. The van der Waals surface area contributed by atoms with Crippen LogP contribution < -0.4 is 0 Å². The highest BCUT2D eigenvalue weighted by molar-refractivity contribution is 5.76. The fourth-order valence-electron chi connectivity index (χ4n) is 3.42. The van der Waals surface area contributed by atoms with E-state index in [9.17, 15) is 18.0 Å². The SMILES string of the molecule is O=C(CCC(F)(F)F)N1CCC[C@@H](c2nccn2Cc2ccccc2)C1. The molecule has 1 amide bonds. The minimum atomic E-state index is -4.29. The molecule has 0 unspecified atom stereocenters. The lowest BCUT2D eigenvalue weighted by Crippen LogP contribution is -2.40. The lowest BCUT2D eigenvalue weighted by molar-refractivity contribution is -0.149. The predicted octanol–water partition coefficient (Wildman–Crippen LogP) is 3.98. The number of carbonyl (C=O) groups is 1. The monoisotopic (exact) mass is 365 g/mol. The van der Waals surface area contributed by atoms with Crippen molar-refractivity contribution in [3.63, 3.8) is 0 Å². The molecule has 7 heteroatoms. The molecule has 1 aromatic heterocycles. The number of amides is 1. The van der Waals surface area contributed by atoms with Gasteiger partial charge in [0.25, 0.3) is 0 Å². The number of piperidine rings is 1. The Morgan fingerprint density at radius 1 is 1.23 bits per heavy atom. The third kappa shape index (κ3) is 4.86. The fourth-order valence-corrected chi connectivity index (χ4v) is 3.42. The van der Waals surface area contributed by atoms with E-state index in [1.54, 1.807) is 11.1 Å². The number of rotatable bonds is 5. The van der Waals surface area contributed by atoms with E-state index in [0.717, 1.165) is 24.2 Å². The van der Waals surface area contributed by atoms with Crippen LogP contribution in [0.4, 0.5) is 13.2 Å². The van der Waals surface area contributed by atoms with E-state index in [2.05, 4.69) is 9.55 Å². The number of imidazole rings is 1. The molecule has 140 valence electrons. The molecule has 26 heavy (non-hydrogen) atoms. The summed E-state index contributed by atoms with van der Waals surface area (Å²) in [7, 11) is 0. The number of nitrogens with zero attached hydrogens (tertiary/aromatic N) is 3. The summed E-state index contributed by atoms with van der Waals surface area (Å²) in [5.41, 5.74) is 1.15. The Balaban J connectivity index is 1.65. The standard InChI is InChI=1S/C19H22F3N3O/c20-19(21,22)9-8-17(26)24-11-4-7-16(14-24)18-23-10-12-25(18)13-15-5-2-1-3-6-15/h1-3,5-6,10,12,16H,4,7-9,11,13-14H2/t16-/m1/s1. The van der Waals surface area contributed by atoms with Gasteiger partial charge in [0.2, 0.25) is 5.91 Å². The third-order valence-corrected chi connectivity index (χ3v) is 4.71. The maximum absolute atomic E-state index is 12.4. The van der Waals surface area contributed by atoms with Crippen LogP contribution in [0.5, 0.6) is 0 Å². The number of carbonyl (C=O) groups excluding carboxylic acids is 1. The van der Waals surface area contributed by atoms with E-state index < -0.39 is 24.9 Å². The summed E-state index contributed by atoms with van der Waals surface area (Å²) in [6.07, 6.45) is -0.522. The zero-order valence-corrected chi connectivity index (χ0v) is 14.5. The zero-order chi connectivity index (χ0) is 18.6. The first-order valence-corrected chi connectivity index (χ1v) is 8.82. The van der Waals surface area contributed by atoms with Crippen LogP contribution in [0.15, 0.2) is 42.7 Å². The highest BCUT2D eigenvalue weighted by Crippen LogP contribution is 2.28. The number of alkyl halides is 3. The summed E-state index contributed by atoms with van der Waals surface area (Å²) in [6, 6.07) is 10.0. The van der Waals surface area contributed by atoms with Gasteiger partial charge in [0, 0.05) is 44.4 Å². The van der Waals surface area contributed by atoms with Crippen molar-refractivity contribution < 1.29 is 18.0 Å². The molecule has 1 atom stereocenters. The molecule has 0 saturated carbocycles. The average Bonchev–Trinajstić information content (AvgIpc) is 3.08. The molecule has 2 aromatic rings. The molecule has 0 spiro atoms. The second-order valence-corrected chi connectivity index (χ2v) is 6.69. The van der Waals surface area contributed by atoms with Gasteiger partial charge in [-0.05, 0) is 18.4 Å². The van der Waals surface area contributed by atoms with E-state index in [1.807, 2.05) is 36.5 Å². The van der Waals surface area contributed by atoms with Gasteiger partial charge in [0.1, 0.15) is 5.82 Å². The Morgan fingerprint density at radius 2 is 2.00 bits per heavy atom. The second kappa shape index (κ2) is 7.93. The average molecular weight is 365 g/mol. The summed E-state index contributed by atoms with van der Waals surface area (Å²) in [5, 5.41) is 0. The Labute approximate surface area is 150 Å². The normalized spacial score (nSPS) is 18.1. The van der Waals surface area contributed by atoms with Crippen molar-refractivity contribution >= 4 is 5.91 Å². The summed E-state index contributed by atoms with van der Waals surface area (Å²) in [4.78, 5) is 18.2. The molecule has 1 aromatic carbocycles. The van der Waals surface area contributed by atoms with Gasteiger partial charge >= 0.3 is 6.18 Å². The summed E-state index contributed by atoms with van der Waals surface area (Å²) < 4.78 is 39.1. The lowest BCUT2D eigenvalue weighted by atomic mass is 9.96. The first kappa shape index (κ1) is 18.5. The molecule has 2 heterocycles. The number of benzene rings is 1. The third-order valence-electron chi connectivity index (χ3n) is 4.71. The van der Waals surface area contributed by atoms with Crippen LogP contribution in [0.25, 0.3) is 0 Å². The van der Waals surface area contributed by atoms with Crippen molar-refractivity contribution in [1.29, 1.82) is 0 Å². The summed E-state index contributed by atoms with van der Waals surface area (Å²) in [6.45, 7) is 1.64. The van der Waals surface area contributed by atoms with Gasteiger partial charge in [-0.15, -0.1) is 0 Å². The van der Waals surface area contributed by atoms with Crippen LogP contribution in [0.2, 0.25) is 0 Å². The van der Waals surface area contributed by atoms with Crippen LogP contribution in [0, 0.1) is 0 Å². The quantitative estimate of drug-likeness (QED) is 0.804. The van der Waals surface area contributed by atoms with E-state index >= 15 is 0 Å². The van der Waals surface area contributed by atoms with Crippen LogP contribution in [0.1, 0.15) is 43.0 Å². The number of hydrogen-bond acceptors (Lipinski definition) is 2. The first-order valence-electron chi connectivity index (χ1n) is 8.82. The number of likely N-dealkylation sites (tertiary alicyclic amines) is 1. The summed E-state index contributed by atoms with van der Waals surface area (Å²) >= 11 is 0. The van der Waals surface area contributed by atoms with E-state index in [-0.39, 0.29) is 5.92 Å². The van der Waals surface area contributed by atoms with Crippen LogP contribution in [0.3, 0.4) is 0 Å². The van der Waals surface area contributed by atoms with Crippen LogP contribution in [-0.2, 0) is 11.3 Å². The van der Waals surface area contributed by atoms with Crippen molar-refractivity contribution in [1.82, 2.24) is 14.5 Å². The molecule has 1 aliphatic rings. The minimum Gasteiger partial charge on any atom is -0.342 e. The number of aromatic nitrogens is 2. The molecule has 3 rings (SSSR count). The van der Waals surface area contributed by atoms with Gasteiger partial charge in [-0.3, -0.25) is 4.79 Å². The van der Waals surface area contributed by atoms with Crippen molar-refractivity contribution in [3.05, 3.63) is 54.1 Å². The molecule has 0 aliphatic carbocycles. The van der Waals surface area contributed by atoms with E-state index in [4.69, 9.17) is 0 Å². The molecule has 0 N–H and O–H groups in total. The zero-order valence-electron chi connectivity index (χ0n) is 14.5. The van der Waals surface area contributed by atoms with Gasteiger partial charge in [0.15, 0.2) is 0 Å². The molecular weight excluding hydrogens is 343 g/mol. The van der Waals surface area contributed by atoms with Gasteiger partial charge in [-0.1, -0.05) is 30.3 Å². The molecule has 0 radical (unpaired) electrons. The number of halogens is 3. The number of hydrogen-bond donors (Lipinski definition) is 0. The predicted molar refractivity (Wildman–Crippen MR) is 91.6 cm³/mol. The van der Waals surface area contributed by atoms with E-state index in [1.165, 1.54) is 0 Å². The first-order chi connectivity index (χ1) is 12.4. The topological polar surface area (TPSA) is 38.1 Å². The molecule has 1 aliphatic heterocycles. The highest BCUT2D eigenvalue weighted by atomic mass is 19.4. The Morgan fingerprint density at radius 3 is 2.73 bits per heavy atom. The van der Waals surface area contributed by atoms with Gasteiger partial charge in [-0.2, -0.15) is 13.2 Å². The lowest BCUT2D eigenvalue weighted by Gasteiger charge is -2.33. The molecule has 1 fully saturated rings. The fraction of sp³-hybridized carbons (Fsp3) is 0.474. The Bertz CT molecular complexity index is 727. The maximum atomic E-state index is 12.4. The van der Waals surface area contributed by atoms with Gasteiger partial charge in [-0.25, -0.2) is 4.98 Å². The highest BCUT2D eigenvalue weighted by Gasteiger charge is 2.31. The molecule has 4 nitrogen and oxygen atoms in total. The van der Waals surface area contributed by atoms with E-state index in [0.29, 0.717) is 19.6 Å². The van der Waals surface area contributed by atoms with Crippen LogP contribution in [-0.4, -0.2) is 39.6 Å². The van der Waals surface area contributed by atoms with Gasteiger partial charge < -0.3 is 9.47 Å². The largest absolute Gasteiger partial charge is 0.389 e. The maximum Gasteiger partial charge on any atom is 0.389 e. The van der Waals surface area contributed by atoms with Crippen molar-refractivity contribution in [2.24, 2.45) is 0 Å². The van der Waals surface area contributed by atoms with Crippen molar-refractivity contribution in [2.75, 3.05) is 13.1 Å². The minimum absolute atomic E-state index is 0.0531. The summed E-state index contributed by atoms with van der Waals surface area (Å²) in [5.74, 6) is 0.521.